The molecule has 1 saturated heterocycles. The molecule has 6 nitrogen and oxygen atoms in total. The van der Waals surface area contributed by atoms with E-state index in [0.29, 0.717) is 25.7 Å². The molecule has 1 aromatic rings. The van der Waals surface area contributed by atoms with Crippen LogP contribution in [0.25, 0.3) is 0 Å². The smallest absolute Gasteiger partial charge is 0.377 e. The van der Waals surface area contributed by atoms with Crippen molar-refractivity contribution in [3.8, 4) is 0 Å². The number of rotatable bonds is 10. The van der Waals surface area contributed by atoms with Gasteiger partial charge in [-0.2, -0.15) is 13.2 Å². The number of alkyl halides is 3. The Hall–Kier alpha value is -1.46. The molecule has 0 aromatic heterocycles. The van der Waals surface area contributed by atoms with E-state index in [2.05, 4.69) is 22.4 Å². The second-order valence-electron chi connectivity index (χ2n) is 9.25. The largest absolute Gasteiger partial charge is 0.416 e. The Labute approximate surface area is 201 Å². The van der Waals surface area contributed by atoms with E-state index in [0.717, 1.165) is 82.7 Å². The van der Waals surface area contributed by atoms with Crippen molar-refractivity contribution in [2.75, 3.05) is 59.5 Å². The number of sulfonamides is 1. The van der Waals surface area contributed by atoms with Crippen LogP contribution in [0.2, 0.25) is 0 Å². The second kappa shape index (κ2) is 12.5. The lowest BCUT2D eigenvalue weighted by molar-refractivity contribution is -0.137. The number of nitrogens with zero attached hydrogens (tertiary/aromatic N) is 2. The highest BCUT2D eigenvalue weighted by molar-refractivity contribution is 7.89. The van der Waals surface area contributed by atoms with Gasteiger partial charge in [-0.1, -0.05) is 12.2 Å². The first-order chi connectivity index (χ1) is 16.2. The summed E-state index contributed by atoms with van der Waals surface area (Å²) < 4.78 is 70.9. The average molecular weight is 504 g/mol. The van der Waals surface area contributed by atoms with Gasteiger partial charge in [-0.15, -0.1) is 0 Å². The Balaban J connectivity index is 1.35. The van der Waals surface area contributed by atoms with Crippen LogP contribution < -0.4 is 5.32 Å². The number of nitrogens with one attached hydrogen (secondary N) is 1. The molecule has 2 aliphatic rings. The van der Waals surface area contributed by atoms with Gasteiger partial charge in [0, 0.05) is 52.9 Å². The Morgan fingerprint density at radius 3 is 2.29 bits per heavy atom. The lowest BCUT2D eigenvalue weighted by Crippen LogP contribution is -2.43. The lowest BCUT2D eigenvalue weighted by atomic mass is 9.82. The molecule has 192 valence electrons. The summed E-state index contributed by atoms with van der Waals surface area (Å²) in [5.41, 5.74) is -0.857. The molecule has 0 bridgehead atoms. The van der Waals surface area contributed by atoms with Crippen molar-refractivity contribution < 1.29 is 26.3 Å². The average Bonchev–Trinajstić information content (AvgIpc) is 2.82. The maximum absolute atomic E-state index is 12.8. The Morgan fingerprint density at radius 2 is 1.68 bits per heavy atom. The zero-order valence-electron chi connectivity index (χ0n) is 19.8. The van der Waals surface area contributed by atoms with Crippen molar-refractivity contribution in [2.45, 2.75) is 36.8 Å². The molecule has 0 radical (unpaired) electrons. The van der Waals surface area contributed by atoms with Gasteiger partial charge in [0.15, 0.2) is 0 Å². The fourth-order valence-electron chi connectivity index (χ4n) is 4.53. The fraction of sp³-hybridized carbons (Fsp3) is 0.667. The van der Waals surface area contributed by atoms with Crippen LogP contribution in [0.15, 0.2) is 41.3 Å². The second-order valence-corrected chi connectivity index (χ2v) is 11.3. The molecule has 1 aliphatic carbocycles. The zero-order chi connectivity index (χ0) is 24.6. The minimum atomic E-state index is -4.49. The molecular weight excluding hydrogens is 467 g/mol. The zero-order valence-corrected chi connectivity index (χ0v) is 20.6. The van der Waals surface area contributed by atoms with Gasteiger partial charge in [0.2, 0.25) is 10.0 Å². The van der Waals surface area contributed by atoms with Crippen LogP contribution in [-0.2, 0) is 20.9 Å². The van der Waals surface area contributed by atoms with Crippen molar-refractivity contribution in [2.24, 2.45) is 11.8 Å². The monoisotopic (exact) mass is 503 g/mol. The summed E-state index contributed by atoms with van der Waals surface area (Å²) in [6, 6.07) is 3.68. The van der Waals surface area contributed by atoms with Gasteiger partial charge in [0.25, 0.3) is 0 Å². The molecule has 1 saturated carbocycles. The number of halogens is 3. The molecule has 2 fully saturated rings. The molecule has 1 N–H and O–H groups in total. The number of benzene rings is 1. The summed E-state index contributed by atoms with van der Waals surface area (Å²) >= 11 is 0. The molecule has 1 heterocycles. The van der Waals surface area contributed by atoms with Crippen LogP contribution in [0.3, 0.4) is 0 Å². The third-order valence-electron chi connectivity index (χ3n) is 6.68. The SMILES string of the molecule is CN(CC1CCC(COC/C=C/CN2CCNCC2)CC1)S(=O)(=O)c1ccc(C(F)(F)F)cc1. The predicted molar refractivity (Wildman–Crippen MR) is 126 cm³/mol. The summed E-state index contributed by atoms with van der Waals surface area (Å²) in [7, 11) is -2.32. The number of piperazine rings is 1. The van der Waals surface area contributed by atoms with Gasteiger partial charge in [-0.25, -0.2) is 12.7 Å². The normalized spacial score (nSPS) is 23.1. The van der Waals surface area contributed by atoms with E-state index in [1.807, 2.05) is 0 Å². The molecule has 34 heavy (non-hydrogen) atoms. The van der Waals surface area contributed by atoms with Crippen LogP contribution in [0, 0.1) is 11.8 Å². The van der Waals surface area contributed by atoms with E-state index < -0.39 is 21.8 Å². The number of ether oxygens (including phenoxy) is 1. The van der Waals surface area contributed by atoms with Crippen LogP contribution in [0.5, 0.6) is 0 Å². The predicted octanol–water partition coefficient (Wildman–Crippen LogP) is 3.61. The third-order valence-corrected chi connectivity index (χ3v) is 8.52. The van der Waals surface area contributed by atoms with Crippen molar-refractivity contribution in [3.05, 3.63) is 42.0 Å². The molecule has 0 amide bonds. The number of hydrogen-bond acceptors (Lipinski definition) is 5. The first-order valence-electron chi connectivity index (χ1n) is 12.0. The number of hydrogen-bond donors (Lipinski definition) is 1. The quantitative estimate of drug-likeness (QED) is 0.391. The van der Waals surface area contributed by atoms with Crippen molar-refractivity contribution >= 4 is 10.0 Å². The van der Waals surface area contributed by atoms with Crippen molar-refractivity contribution in [1.82, 2.24) is 14.5 Å². The van der Waals surface area contributed by atoms with Crippen LogP contribution in [-0.4, -0.2) is 77.2 Å². The first kappa shape index (κ1) is 27.1. The molecule has 1 aliphatic heterocycles. The summed E-state index contributed by atoms with van der Waals surface area (Å²) in [6.45, 7) is 6.90. The van der Waals surface area contributed by atoms with Crippen LogP contribution in [0.4, 0.5) is 13.2 Å². The van der Waals surface area contributed by atoms with E-state index >= 15 is 0 Å². The maximum Gasteiger partial charge on any atom is 0.416 e. The van der Waals surface area contributed by atoms with E-state index in [1.54, 1.807) is 0 Å². The Morgan fingerprint density at radius 1 is 1.06 bits per heavy atom. The van der Waals surface area contributed by atoms with E-state index in [1.165, 1.54) is 11.4 Å². The third kappa shape index (κ3) is 8.05. The highest BCUT2D eigenvalue weighted by Gasteiger charge is 2.32. The molecule has 1 aromatic carbocycles. The van der Waals surface area contributed by atoms with Crippen LogP contribution >= 0.6 is 0 Å². The standard InChI is InChI=1S/C24H36F3N3O3S/c1-29(34(31,32)23-10-8-22(9-11-23)24(25,26)27)18-20-4-6-21(7-5-20)19-33-17-3-2-14-30-15-12-28-13-16-30/h2-3,8-11,20-21,28H,4-7,12-19H2,1H3/b3-2+. The molecular formula is C24H36F3N3O3S. The van der Waals surface area contributed by atoms with E-state index in [4.69, 9.17) is 4.74 Å². The molecule has 3 rings (SSSR count). The van der Waals surface area contributed by atoms with Gasteiger partial charge in [-0.3, -0.25) is 4.90 Å². The molecule has 0 unspecified atom stereocenters. The molecule has 0 spiro atoms. The van der Waals surface area contributed by atoms with Crippen LogP contribution in [0.1, 0.15) is 31.2 Å². The van der Waals surface area contributed by atoms with E-state index in [-0.39, 0.29) is 10.8 Å². The topological polar surface area (TPSA) is 61.9 Å². The van der Waals surface area contributed by atoms with Crippen molar-refractivity contribution in [1.29, 1.82) is 0 Å². The summed E-state index contributed by atoms with van der Waals surface area (Å²) in [6.07, 6.45) is 3.56. The molecule has 0 atom stereocenters. The lowest BCUT2D eigenvalue weighted by Gasteiger charge is -2.31. The highest BCUT2D eigenvalue weighted by Crippen LogP contribution is 2.32. The summed E-state index contributed by atoms with van der Waals surface area (Å²) in [4.78, 5) is 2.29. The van der Waals surface area contributed by atoms with Gasteiger partial charge in [0.1, 0.15) is 0 Å². The highest BCUT2D eigenvalue weighted by atomic mass is 32.2. The van der Waals surface area contributed by atoms with Gasteiger partial charge in [0.05, 0.1) is 17.1 Å². The van der Waals surface area contributed by atoms with Gasteiger partial charge < -0.3 is 10.1 Å². The van der Waals surface area contributed by atoms with E-state index in [9.17, 15) is 21.6 Å². The van der Waals surface area contributed by atoms with Crippen molar-refractivity contribution in [3.63, 3.8) is 0 Å². The summed E-state index contributed by atoms with van der Waals surface area (Å²) in [5, 5.41) is 3.34. The molecule has 10 heteroatoms. The Bertz CT molecular complexity index is 877. The summed E-state index contributed by atoms with van der Waals surface area (Å²) in [5.74, 6) is 0.721. The minimum Gasteiger partial charge on any atom is -0.377 e. The fourth-order valence-corrected chi connectivity index (χ4v) is 5.77. The Kier molecular flexibility index (Phi) is 9.96. The van der Waals surface area contributed by atoms with Gasteiger partial charge in [-0.05, 0) is 61.8 Å². The minimum absolute atomic E-state index is 0.116. The van der Waals surface area contributed by atoms with Gasteiger partial charge >= 0.3 is 6.18 Å². The first-order valence-corrected chi connectivity index (χ1v) is 13.4. The maximum atomic E-state index is 12.8.